The maximum absolute atomic E-state index is 12.5. The van der Waals surface area contributed by atoms with E-state index in [-0.39, 0.29) is 30.6 Å². The monoisotopic (exact) mass is 428 g/mol. The van der Waals surface area contributed by atoms with Gasteiger partial charge in [-0.3, -0.25) is 4.79 Å². The lowest BCUT2D eigenvalue weighted by molar-refractivity contribution is -0.121. The largest absolute Gasteiger partial charge is 0.513 e. The van der Waals surface area contributed by atoms with Crippen LogP contribution in [0.15, 0.2) is 42.5 Å². The normalized spacial score (nSPS) is 13.0. The van der Waals surface area contributed by atoms with E-state index in [1.807, 2.05) is 45.9 Å². The molecule has 2 rings (SSSR count). The number of rotatable bonds is 8. The number of nitrogens with one attached hydrogen (secondary N) is 1. The topological polar surface area (TPSA) is 111 Å². The van der Waals surface area contributed by atoms with Crippen molar-refractivity contribution >= 4 is 17.7 Å². The van der Waals surface area contributed by atoms with Crippen molar-refractivity contribution in [2.24, 2.45) is 5.73 Å². The number of benzene rings is 2. The Balaban J connectivity index is 1.95. The Hall–Kier alpha value is -3.06. The number of carbonyl (C=O) groups is 2. The summed E-state index contributed by atoms with van der Waals surface area (Å²) in [6.07, 6.45) is -0.723. The molecule has 168 valence electrons. The summed E-state index contributed by atoms with van der Waals surface area (Å²) in [6, 6.07) is 11.9. The van der Waals surface area contributed by atoms with Crippen molar-refractivity contribution in [3.63, 3.8) is 0 Å². The smallest absolute Gasteiger partial charge is 0.508 e. The summed E-state index contributed by atoms with van der Waals surface area (Å²) in [5.41, 5.74) is 7.21. The quantitative estimate of drug-likeness (QED) is 0.313. The van der Waals surface area contributed by atoms with Crippen molar-refractivity contribution in [3.8, 4) is 11.5 Å². The van der Waals surface area contributed by atoms with Gasteiger partial charge in [0, 0.05) is 12.1 Å². The molecule has 0 aliphatic rings. The van der Waals surface area contributed by atoms with Crippen molar-refractivity contribution in [2.45, 2.75) is 58.4 Å². The fourth-order valence-electron chi connectivity index (χ4n) is 2.99. The van der Waals surface area contributed by atoms with Gasteiger partial charge in [0.15, 0.2) is 0 Å². The van der Waals surface area contributed by atoms with Crippen LogP contribution in [0.2, 0.25) is 0 Å². The van der Waals surface area contributed by atoms with E-state index in [2.05, 4.69) is 5.32 Å². The van der Waals surface area contributed by atoms with Crippen molar-refractivity contribution in [1.29, 1.82) is 0 Å². The van der Waals surface area contributed by atoms with E-state index in [9.17, 15) is 14.7 Å². The number of ether oxygens (including phenoxy) is 2. The van der Waals surface area contributed by atoms with Gasteiger partial charge >= 0.3 is 6.16 Å². The highest BCUT2D eigenvalue weighted by Crippen LogP contribution is 2.34. The summed E-state index contributed by atoms with van der Waals surface area (Å²) in [5, 5.41) is 12.0. The maximum Gasteiger partial charge on any atom is 0.513 e. The van der Waals surface area contributed by atoms with Crippen LogP contribution >= 0.6 is 0 Å². The second-order valence-corrected chi connectivity index (χ2v) is 8.44. The van der Waals surface area contributed by atoms with Gasteiger partial charge in [0.1, 0.15) is 11.5 Å². The molecule has 4 N–H and O–H groups in total. The number of anilines is 1. The number of phenolic OH excluding ortho intramolecular Hbond substituents is 1. The van der Waals surface area contributed by atoms with Crippen molar-refractivity contribution < 1.29 is 24.2 Å². The zero-order valence-corrected chi connectivity index (χ0v) is 18.8. The molecule has 0 fully saturated rings. The van der Waals surface area contributed by atoms with Crippen LogP contribution < -0.4 is 15.8 Å². The van der Waals surface area contributed by atoms with Gasteiger partial charge in [0.2, 0.25) is 5.91 Å². The summed E-state index contributed by atoms with van der Waals surface area (Å²) < 4.78 is 10.8. The molecule has 0 spiro atoms. The molecular formula is C24H32N2O5. The van der Waals surface area contributed by atoms with Gasteiger partial charge in [-0.25, -0.2) is 4.79 Å². The highest BCUT2D eigenvalue weighted by Gasteiger charge is 2.29. The van der Waals surface area contributed by atoms with Crippen LogP contribution in [0.3, 0.4) is 0 Å². The number of para-hydroxylation sites is 1. The Kier molecular flexibility index (Phi) is 8.05. The van der Waals surface area contributed by atoms with E-state index in [0.717, 1.165) is 11.1 Å². The third kappa shape index (κ3) is 6.72. The van der Waals surface area contributed by atoms with Crippen LogP contribution in [0, 0.1) is 0 Å². The summed E-state index contributed by atoms with van der Waals surface area (Å²) in [4.78, 5) is 24.8. The predicted molar refractivity (Wildman–Crippen MR) is 121 cm³/mol. The van der Waals surface area contributed by atoms with Gasteiger partial charge in [0.05, 0.1) is 12.1 Å². The van der Waals surface area contributed by atoms with E-state index in [1.54, 1.807) is 19.1 Å². The van der Waals surface area contributed by atoms with Crippen LogP contribution in [0.25, 0.3) is 0 Å². The first-order chi connectivity index (χ1) is 14.5. The summed E-state index contributed by atoms with van der Waals surface area (Å²) in [7, 11) is 0. The summed E-state index contributed by atoms with van der Waals surface area (Å²) >= 11 is 0. The lowest BCUT2D eigenvalue weighted by Gasteiger charge is -2.23. The zero-order valence-electron chi connectivity index (χ0n) is 18.8. The molecular weight excluding hydrogens is 396 g/mol. The third-order valence-corrected chi connectivity index (χ3v) is 4.99. The molecule has 0 aliphatic heterocycles. The number of hydrogen-bond donors (Lipinski definition) is 3. The minimum Gasteiger partial charge on any atom is -0.508 e. The molecule has 2 aromatic rings. The summed E-state index contributed by atoms with van der Waals surface area (Å²) in [6.45, 7) is 9.61. The van der Waals surface area contributed by atoms with Gasteiger partial charge < -0.3 is 25.6 Å². The molecule has 1 amide bonds. The molecule has 1 atom stereocenters. The first-order valence-corrected chi connectivity index (χ1v) is 10.4. The standard InChI is InChI=1S/C24H32N2O5/c1-15(2)19-7-6-8-20(16(3)4)21(19)31-23(29)30-14-13-24(5,25)22(28)26-17-9-11-18(27)12-10-17/h6-12,15-16,27H,13-14,25H2,1-5H3,(H,26,28)/t24-/m0/s1. The number of amides is 1. The van der Waals surface area contributed by atoms with Crippen LogP contribution in [0.1, 0.15) is 64.0 Å². The molecule has 2 aromatic carbocycles. The SMILES string of the molecule is CC(C)c1cccc(C(C)C)c1OC(=O)OCC[C@](C)(N)C(=O)Nc1ccc(O)cc1. The van der Waals surface area contributed by atoms with Crippen molar-refractivity contribution in [3.05, 3.63) is 53.6 Å². The number of carbonyl (C=O) groups excluding carboxylic acids is 2. The molecule has 0 saturated heterocycles. The Morgan fingerprint density at radius 3 is 2.10 bits per heavy atom. The molecule has 7 nitrogen and oxygen atoms in total. The van der Waals surface area contributed by atoms with Gasteiger partial charge in [-0.2, -0.15) is 0 Å². The van der Waals surface area contributed by atoms with Crippen molar-refractivity contribution in [2.75, 3.05) is 11.9 Å². The van der Waals surface area contributed by atoms with Crippen LogP contribution in [-0.2, 0) is 9.53 Å². The molecule has 0 heterocycles. The fourth-order valence-corrected chi connectivity index (χ4v) is 2.99. The van der Waals surface area contributed by atoms with Crippen LogP contribution in [0.5, 0.6) is 11.5 Å². The Morgan fingerprint density at radius 2 is 1.58 bits per heavy atom. The first-order valence-electron chi connectivity index (χ1n) is 10.4. The molecule has 0 radical (unpaired) electrons. The zero-order chi connectivity index (χ0) is 23.2. The van der Waals surface area contributed by atoms with E-state index < -0.39 is 17.6 Å². The van der Waals surface area contributed by atoms with Crippen molar-refractivity contribution in [1.82, 2.24) is 0 Å². The van der Waals surface area contributed by atoms with E-state index >= 15 is 0 Å². The molecule has 31 heavy (non-hydrogen) atoms. The molecule has 0 bridgehead atoms. The van der Waals surface area contributed by atoms with Gasteiger partial charge in [-0.15, -0.1) is 0 Å². The number of phenols is 1. The second-order valence-electron chi connectivity index (χ2n) is 8.44. The Morgan fingerprint density at radius 1 is 1.03 bits per heavy atom. The molecule has 0 unspecified atom stereocenters. The molecule has 0 aromatic heterocycles. The Bertz CT molecular complexity index is 878. The van der Waals surface area contributed by atoms with Gasteiger partial charge in [-0.05, 0) is 54.2 Å². The molecule has 7 heteroatoms. The number of aromatic hydroxyl groups is 1. The lowest BCUT2D eigenvalue weighted by Crippen LogP contribution is -2.49. The van der Waals surface area contributed by atoms with E-state index in [4.69, 9.17) is 15.2 Å². The van der Waals surface area contributed by atoms with E-state index in [1.165, 1.54) is 12.1 Å². The fraction of sp³-hybridized carbons (Fsp3) is 0.417. The molecule has 0 aliphatic carbocycles. The molecule has 0 saturated carbocycles. The van der Waals surface area contributed by atoms with Gasteiger partial charge in [0.25, 0.3) is 0 Å². The second kappa shape index (κ2) is 10.3. The highest BCUT2D eigenvalue weighted by molar-refractivity contribution is 5.97. The highest BCUT2D eigenvalue weighted by atomic mass is 16.7. The number of hydrogen-bond acceptors (Lipinski definition) is 6. The first kappa shape index (κ1) is 24.2. The average molecular weight is 429 g/mol. The lowest BCUT2D eigenvalue weighted by atomic mass is 9.94. The van der Waals surface area contributed by atoms with Crippen LogP contribution in [-0.4, -0.2) is 29.3 Å². The predicted octanol–water partition coefficient (Wildman–Crippen LogP) is 4.90. The number of nitrogens with two attached hydrogens (primary N) is 1. The Labute approximate surface area is 183 Å². The van der Waals surface area contributed by atoms with E-state index in [0.29, 0.717) is 11.4 Å². The van der Waals surface area contributed by atoms with Gasteiger partial charge in [-0.1, -0.05) is 45.9 Å². The third-order valence-electron chi connectivity index (χ3n) is 4.99. The average Bonchev–Trinajstić information content (AvgIpc) is 2.69. The minimum absolute atomic E-state index is 0.0737. The summed E-state index contributed by atoms with van der Waals surface area (Å²) in [5.74, 6) is 0.551. The van der Waals surface area contributed by atoms with Crippen LogP contribution in [0.4, 0.5) is 10.5 Å². The minimum atomic E-state index is -1.27. The maximum atomic E-state index is 12.5.